The number of rotatable bonds is 7. The van der Waals surface area contributed by atoms with Gasteiger partial charge in [0.1, 0.15) is 0 Å². The number of nitrogens with one attached hydrogen (secondary N) is 2. The number of hydrogen-bond acceptors (Lipinski definition) is 3. The lowest BCUT2D eigenvalue weighted by Crippen LogP contribution is -2.49. The van der Waals surface area contributed by atoms with Crippen LogP contribution in [-0.4, -0.2) is 53.7 Å². The van der Waals surface area contributed by atoms with Crippen LogP contribution in [0.25, 0.3) is 0 Å². The Kier molecular flexibility index (Phi) is 7.36. The fourth-order valence-electron chi connectivity index (χ4n) is 2.48. The Morgan fingerprint density at radius 2 is 1.70 bits per heavy atom. The number of nitrogens with zero attached hydrogens (tertiary/aromatic N) is 1. The van der Waals surface area contributed by atoms with Gasteiger partial charge in [-0.2, -0.15) is 0 Å². The van der Waals surface area contributed by atoms with Crippen LogP contribution in [0.15, 0.2) is 0 Å². The molecule has 6 nitrogen and oxygen atoms in total. The van der Waals surface area contributed by atoms with E-state index >= 15 is 0 Å². The van der Waals surface area contributed by atoms with Crippen LogP contribution in [0.5, 0.6) is 0 Å². The summed E-state index contributed by atoms with van der Waals surface area (Å²) < 4.78 is 0. The second kappa shape index (κ2) is 8.79. The molecule has 6 heteroatoms. The van der Waals surface area contributed by atoms with Gasteiger partial charge in [-0.05, 0) is 46.2 Å². The maximum absolute atomic E-state index is 11.8. The highest BCUT2D eigenvalue weighted by Gasteiger charge is 2.15. The summed E-state index contributed by atoms with van der Waals surface area (Å²) >= 11 is 0. The number of carbonyl (C=O) groups is 2. The van der Waals surface area contributed by atoms with E-state index in [-0.39, 0.29) is 24.5 Å². The zero-order chi connectivity index (χ0) is 15.0. The minimum absolute atomic E-state index is 0.0742. The number of carboxylic acid groups (broad SMARTS) is 1. The van der Waals surface area contributed by atoms with Crippen LogP contribution in [0.1, 0.15) is 46.0 Å². The first kappa shape index (κ1) is 16.8. The number of hydrogen-bond donors (Lipinski definition) is 3. The molecule has 0 aromatic rings. The Morgan fingerprint density at radius 1 is 1.10 bits per heavy atom. The third-order valence-electron chi connectivity index (χ3n) is 3.53. The summed E-state index contributed by atoms with van der Waals surface area (Å²) in [4.78, 5) is 24.6. The quantitative estimate of drug-likeness (QED) is 0.660. The molecule has 0 spiro atoms. The van der Waals surface area contributed by atoms with E-state index < -0.39 is 5.97 Å². The van der Waals surface area contributed by atoms with E-state index in [4.69, 9.17) is 5.11 Å². The highest BCUT2D eigenvalue weighted by Crippen LogP contribution is 2.08. The fraction of sp³-hybridized carbons (Fsp3) is 0.857. The molecule has 1 aliphatic heterocycles. The third kappa shape index (κ3) is 7.33. The summed E-state index contributed by atoms with van der Waals surface area (Å²) in [5.74, 6) is -0.836. The predicted molar refractivity (Wildman–Crippen MR) is 77.8 cm³/mol. The summed E-state index contributed by atoms with van der Waals surface area (Å²) in [6.45, 7) is 6.91. The second-order valence-electron chi connectivity index (χ2n) is 5.71. The summed E-state index contributed by atoms with van der Waals surface area (Å²) in [5.41, 5.74) is 0. The van der Waals surface area contributed by atoms with Crippen LogP contribution in [0.2, 0.25) is 0 Å². The molecule has 1 saturated heterocycles. The van der Waals surface area contributed by atoms with Gasteiger partial charge in [0, 0.05) is 25.0 Å². The average molecular weight is 285 g/mol. The van der Waals surface area contributed by atoms with Gasteiger partial charge in [0.25, 0.3) is 0 Å². The maximum Gasteiger partial charge on any atom is 0.315 e. The largest absolute Gasteiger partial charge is 0.481 e. The van der Waals surface area contributed by atoms with E-state index in [0.29, 0.717) is 6.42 Å². The highest BCUT2D eigenvalue weighted by atomic mass is 16.4. The Balaban J connectivity index is 2.18. The van der Waals surface area contributed by atoms with Crippen molar-refractivity contribution in [2.75, 3.05) is 19.6 Å². The van der Waals surface area contributed by atoms with Gasteiger partial charge < -0.3 is 20.6 Å². The van der Waals surface area contributed by atoms with Crippen molar-refractivity contribution in [3.05, 3.63) is 0 Å². The smallest absolute Gasteiger partial charge is 0.315 e. The molecule has 1 rings (SSSR count). The van der Waals surface area contributed by atoms with Gasteiger partial charge in [0.05, 0.1) is 0 Å². The van der Waals surface area contributed by atoms with E-state index in [1.165, 1.54) is 19.3 Å². The lowest BCUT2D eigenvalue weighted by Gasteiger charge is -2.29. The Morgan fingerprint density at radius 3 is 2.30 bits per heavy atom. The molecule has 0 bridgehead atoms. The Labute approximate surface area is 120 Å². The summed E-state index contributed by atoms with van der Waals surface area (Å²) in [6, 6.07) is -0.250. The standard InChI is InChI=1S/C14H27N3O3/c1-11(6-7-13(18)19)15-14(20)16-12(2)10-17-8-4-3-5-9-17/h11-12H,3-10H2,1-2H3,(H,18,19)(H2,15,16,20). The van der Waals surface area contributed by atoms with Gasteiger partial charge in [-0.3, -0.25) is 4.79 Å². The molecule has 1 heterocycles. The minimum atomic E-state index is -0.836. The van der Waals surface area contributed by atoms with Crippen molar-refractivity contribution in [3.8, 4) is 0 Å². The van der Waals surface area contributed by atoms with Gasteiger partial charge >= 0.3 is 12.0 Å². The second-order valence-corrected chi connectivity index (χ2v) is 5.71. The van der Waals surface area contributed by atoms with Gasteiger partial charge in [-0.15, -0.1) is 0 Å². The predicted octanol–water partition coefficient (Wildman–Crippen LogP) is 1.41. The Hall–Kier alpha value is -1.30. The first-order chi connectivity index (χ1) is 9.47. The van der Waals surface area contributed by atoms with Crippen molar-refractivity contribution in [3.63, 3.8) is 0 Å². The Bertz CT molecular complexity index is 317. The molecule has 20 heavy (non-hydrogen) atoms. The molecule has 0 radical (unpaired) electrons. The zero-order valence-electron chi connectivity index (χ0n) is 12.5. The summed E-state index contributed by atoms with van der Waals surface area (Å²) in [5, 5.41) is 14.3. The molecule has 2 amide bonds. The molecule has 0 aromatic heterocycles. The van der Waals surface area contributed by atoms with Crippen molar-refractivity contribution >= 4 is 12.0 Å². The summed E-state index contributed by atoms with van der Waals surface area (Å²) in [7, 11) is 0. The SMILES string of the molecule is CC(CCC(=O)O)NC(=O)NC(C)CN1CCCCC1. The van der Waals surface area contributed by atoms with Crippen LogP contribution < -0.4 is 10.6 Å². The number of aliphatic carboxylic acids is 1. The molecule has 1 fully saturated rings. The lowest BCUT2D eigenvalue weighted by molar-refractivity contribution is -0.137. The van der Waals surface area contributed by atoms with Gasteiger partial charge in [-0.25, -0.2) is 4.79 Å². The molecule has 1 aliphatic rings. The van der Waals surface area contributed by atoms with Crippen molar-refractivity contribution in [1.29, 1.82) is 0 Å². The van der Waals surface area contributed by atoms with Crippen molar-refractivity contribution in [1.82, 2.24) is 15.5 Å². The number of carboxylic acids is 1. The summed E-state index contributed by atoms with van der Waals surface area (Å²) in [6.07, 6.45) is 4.31. The molecule has 0 aliphatic carbocycles. The molecule has 116 valence electrons. The normalized spacial score (nSPS) is 19.1. The topological polar surface area (TPSA) is 81.7 Å². The van der Waals surface area contributed by atoms with Crippen LogP contribution in [0, 0.1) is 0 Å². The molecule has 0 saturated carbocycles. The van der Waals surface area contributed by atoms with Crippen molar-refractivity contribution < 1.29 is 14.7 Å². The third-order valence-corrected chi connectivity index (χ3v) is 3.53. The number of amides is 2. The van der Waals surface area contributed by atoms with E-state index in [9.17, 15) is 9.59 Å². The maximum atomic E-state index is 11.8. The van der Waals surface area contributed by atoms with E-state index in [0.717, 1.165) is 19.6 Å². The van der Waals surface area contributed by atoms with E-state index in [2.05, 4.69) is 15.5 Å². The van der Waals surface area contributed by atoms with Crippen LogP contribution >= 0.6 is 0 Å². The first-order valence-electron chi connectivity index (χ1n) is 7.48. The first-order valence-corrected chi connectivity index (χ1v) is 7.48. The molecule has 0 aromatic carbocycles. The molecule has 2 unspecified atom stereocenters. The minimum Gasteiger partial charge on any atom is -0.481 e. The van der Waals surface area contributed by atoms with Crippen molar-refractivity contribution in [2.24, 2.45) is 0 Å². The monoisotopic (exact) mass is 285 g/mol. The van der Waals surface area contributed by atoms with Crippen molar-refractivity contribution in [2.45, 2.75) is 58.0 Å². The fourth-order valence-corrected chi connectivity index (χ4v) is 2.48. The molecule has 3 N–H and O–H groups in total. The number of urea groups is 1. The zero-order valence-corrected chi connectivity index (χ0v) is 12.5. The van der Waals surface area contributed by atoms with E-state index in [1.807, 2.05) is 13.8 Å². The average Bonchev–Trinajstić information content (AvgIpc) is 2.37. The van der Waals surface area contributed by atoms with Crippen LogP contribution in [-0.2, 0) is 4.79 Å². The number of carbonyl (C=O) groups excluding carboxylic acids is 1. The molecular formula is C14H27N3O3. The number of piperidine rings is 1. The van der Waals surface area contributed by atoms with Crippen LogP contribution in [0.4, 0.5) is 4.79 Å². The highest BCUT2D eigenvalue weighted by molar-refractivity contribution is 5.74. The van der Waals surface area contributed by atoms with Gasteiger partial charge in [0.15, 0.2) is 0 Å². The van der Waals surface area contributed by atoms with E-state index in [1.54, 1.807) is 0 Å². The number of likely N-dealkylation sites (tertiary alicyclic amines) is 1. The van der Waals surface area contributed by atoms with Gasteiger partial charge in [0.2, 0.25) is 0 Å². The molecular weight excluding hydrogens is 258 g/mol. The molecule has 2 atom stereocenters. The van der Waals surface area contributed by atoms with Gasteiger partial charge in [-0.1, -0.05) is 6.42 Å². The lowest BCUT2D eigenvalue weighted by atomic mass is 10.1. The van der Waals surface area contributed by atoms with Crippen LogP contribution in [0.3, 0.4) is 0 Å².